The summed E-state index contributed by atoms with van der Waals surface area (Å²) in [5, 5.41) is 2.27. The van der Waals surface area contributed by atoms with Crippen LogP contribution >= 0.6 is 0 Å². The Morgan fingerprint density at radius 2 is 0.902 bits per heavy atom. The normalized spacial score (nSPS) is 11.0. The summed E-state index contributed by atoms with van der Waals surface area (Å²) < 4.78 is 0. The largest absolute Gasteiger partial charge is 0.256 e. The number of pyridine rings is 1. The molecule has 0 aliphatic rings. The lowest BCUT2D eigenvalue weighted by Crippen LogP contribution is -2.00. The van der Waals surface area contributed by atoms with Gasteiger partial charge in [-0.05, 0) is 47.7 Å². The lowest BCUT2D eigenvalue weighted by atomic mass is 9.96. The zero-order chi connectivity index (χ0) is 27.6. The third-order valence-corrected chi connectivity index (χ3v) is 7.20. The van der Waals surface area contributed by atoms with Crippen molar-refractivity contribution in [3.8, 4) is 56.5 Å². The van der Waals surface area contributed by atoms with Crippen molar-refractivity contribution in [1.29, 1.82) is 0 Å². The molecule has 2 aromatic heterocycles. The van der Waals surface area contributed by atoms with E-state index < -0.39 is 0 Å². The molecule has 2 heterocycles. The minimum absolute atomic E-state index is 0.619. The van der Waals surface area contributed by atoms with Crippen molar-refractivity contribution in [2.45, 2.75) is 6.92 Å². The first-order valence-corrected chi connectivity index (χ1v) is 13.6. The van der Waals surface area contributed by atoms with Crippen molar-refractivity contribution < 1.29 is 0 Å². The van der Waals surface area contributed by atoms with E-state index in [1.165, 1.54) is 5.56 Å². The average molecular weight is 527 g/mol. The van der Waals surface area contributed by atoms with Gasteiger partial charge in [-0.15, -0.1) is 0 Å². The molecule has 0 fully saturated rings. The van der Waals surface area contributed by atoms with Gasteiger partial charge in [-0.2, -0.15) is 0 Å². The van der Waals surface area contributed by atoms with Crippen LogP contribution in [0.25, 0.3) is 67.3 Å². The van der Waals surface area contributed by atoms with Gasteiger partial charge in [-0.1, -0.05) is 115 Å². The summed E-state index contributed by atoms with van der Waals surface area (Å²) in [4.78, 5) is 19.7. The third-order valence-electron chi connectivity index (χ3n) is 7.20. The van der Waals surface area contributed by atoms with Crippen LogP contribution in [0.5, 0.6) is 0 Å². The first-order valence-electron chi connectivity index (χ1n) is 13.6. The Bertz CT molecular complexity index is 1930. The van der Waals surface area contributed by atoms with Crippen molar-refractivity contribution in [2.75, 3.05) is 0 Å². The van der Waals surface area contributed by atoms with E-state index in [1.807, 2.05) is 72.9 Å². The van der Waals surface area contributed by atoms with Gasteiger partial charge < -0.3 is 0 Å². The van der Waals surface area contributed by atoms with E-state index in [1.54, 1.807) is 0 Å². The Kier molecular flexibility index (Phi) is 6.34. The number of aromatic nitrogens is 4. The highest BCUT2D eigenvalue weighted by atomic mass is 15.0. The summed E-state index contributed by atoms with van der Waals surface area (Å²) in [6.45, 7) is 2.10. The second kappa shape index (κ2) is 10.6. The van der Waals surface area contributed by atoms with Gasteiger partial charge in [0, 0.05) is 33.8 Å². The van der Waals surface area contributed by atoms with Gasteiger partial charge in [-0.25, -0.2) is 15.0 Å². The number of hydrogen-bond acceptors (Lipinski definition) is 4. The first-order chi connectivity index (χ1) is 20.2. The molecular weight excluding hydrogens is 500 g/mol. The second-order valence-electron chi connectivity index (χ2n) is 10.1. The standard InChI is InChI=1S/C37H26N4/c1-25-16-18-26(19-17-25)31-20-32(34-23-29-14-8-9-15-30(29)24-38-34)22-33(21-31)37-40-35(27-10-4-2-5-11-27)39-36(41-37)28-12-6-3-7-13-28/h2-24H,1H3. The Morgan fingerprint density at radius 1 is 0.390 bits per heavy atom. The summed E-state index contributed by atoms with van der Waals surface area (Å²) in [6, 6.07) is 45.6. The van der Waals surface area contributed by atoms with E-state index in [0.717, 1.165) is 49.8 Å². The molecule has 0 aliphatic heterocycles. The van der Waals surface area contributed by atoms with Crippen molar-refractivity contribution in [3.63, 3.8) is 0 Å². The van der Waals surface area contributed by atoms with E-state index in [0.29, 0.717) is 17.5 Å². The molecule has 4 nitrogen and oxygen atoms in total. The molecule has 4 heteroatoms. The van der Waals surface area contributed by atoms with E-state index in [9.17, 15) is 0 Å². The van der Waals surface area contributed by atoms with Crippen LogP contribution in [0.1, 0.15) is 5.56 Å². The van der Waals surface area contributed by atoms with Gasteiger partial charge in [0.2, 0.25) is 0 Å². The Hall–Kier alpha value is -5.48. The van der Waals surface area contributed by atoms with Crippen LogP contribution in [0.2, 0.25) is 0 Å². The van der Waals surface area contributed by atoms with Crippen molar-refractivity contribution in [1.82, 2.24) is 19.9 Å². The molecule has 0 amide bonds. The van der Waals surface area contributed by atoms with Crippen LogP contribution in [-0.4, -0.2) is 19.9 Å². The Balaban J connectivity index is 1.45. The van der Waals surface area contributed by atoms with Crippen LogP contribution in [-0.2, 0) is 0 Å². The molecule has 0 unspecified atom stereocenters. The number of benzene rings is 5. The minimum atomic E-state index is 0.619. The number of rotatable bonds is 5. The maximum absolute atomic E-state index is 4.99. The number of fused-ring (bicyclic) bond motifs is 1. The Morgan fingerprint density at radius 3 is 1.54 bits per heavy atom. The highest BCUT2D eigenvalue weighted by Gasteiger charge is 2.15. The zero-order valence-corrected chi connectivity index (χ0v) is 22.6. The highest BCUT2D eigenvalue weighted by molar-refractivity contribution is 5.87. The molecule has 194 valence electrons. The van der Waals surface area contributed by atoms with Gasteiger partial charge in [0.1, 0.15) is 0 Å². The monoisotopic (exact) mass is 526 g/mol. The van der Waals surface area contributed by atoms with Gasteiger partial charge in [0.05, 0.1) is 5.69 Å². The lowest BCUT2D eigenvalue weighted by molar-refractivity contribution is 1.07. The molecule has 41 heavy (non-hydrogen) atoms. The molecule has 0 spiro atoms. The fraction of sp³-hybridized carbons (Fsp3) is 0.0270. The SMILES string of the molecule is Cc1ccc(-c2cc(-c3cc4ccccc4cn3)cc(-c3nc(-c4ccccc4)nc(-c4ccccc4)n3)c2)cc1. The van der Waals surface area contributed by atoms with Crippen LogP contribution in [0.3, 0.4) is 0 Å². The average Bonchev–Trinajstić information content (AvgIpc) is 3.05. The van der Waals surface area contributed by atoms with E-state index in [2.05, 4.69) is 73.7 Å². The zero-order valence-electron chi connectivity index (χ0n) is 22.6. The molecule has 0 radical (unpaired) electrons. The molecule has 0 saturated carbocycles. The molecule has 5 aromatic carbocycles. The summed E-state index contributed by atoms with van der Waals surface area (Å²) in [6.07, 6.45) is 1.94. The highest BCUT2D eigenvalue weighted by Crippen LogP contribution is 2.33. The van der Waals surface area contributed by atoms with Crippen LogP contribution in [0, 0.1) is 6.92 Å². The maximum atomic E-state index is 4.99. The fourth-order valence-electron chi connectivity index (χ4n) is 5.00. The number of nitrogens with zero attached hydrogens (tertiary/aromatic N) is 4. The molecule has 0 aliphatic carbocycles. The second-order valence-corrected chi connectivity index (χ2v) is 10.1. The molecule has 0 N–H and O–H groups in total. The van der Waals surface area contributed by atoms with Gasteiger partial charge >= 0.3 is 0 Å². The molecule has 0 saturated heterocycles. The van der Waals surface area contributed by atoms with Crippen molar-refractivity contribution >= 4 is 10.8 Å². The quantitative estimate of drug-likeness (QED) is 0.224. The topological polar surface area (TPSA) is 51.6 Å². The predicted molar refractivity (Wildman–Crippen MR) is 167 cm³/mol. The Labute approximate surface area is 239 Å². The molecule has 0 atom stereocenters. The number of aryl methyl sites for hydroxylation is 1. The van der Waals surface area contributed by atoms with E-state index >= 15 is 0 Å². The maximum Gasteiger partial charge on any atom is 0.164 e. The summed E-state index contributed by atoms with van der Waals surface area (Å²) in [7, 11) is 0. The molecule has 7 rings (SSSR count). The summed E-state index contributed by atoms with van der Waals surface area (Å²) in [5.74, 6) is 1.90. The van der Waals surface area contributed by atoms with Crippen molar-refractivity contribution in [2.24, 2.45) is 0 Å². The smallest absolute Gasteiger partial charge is 0.164 e. The predicted octanol–water partition coefficient (Wildman–Crippen LogP) is 9.06. The summed E-state index contributed by atoms with van der Waals surface area (Å²) >= 11 is 0. The van der Waals surface area contributed by atoms with Gasteiger partial charge in [-0.3, -0.25) is 4.98 Å². The fourth-order valence-corrected chi connectivity index (χ4v) is 5.00. The third kappa shape index (κ3) is 5.11. The molecular formula is C37H26N4. The van der Waals surface area contributed by atoms with E-state index in [-0.39, 0.29) is 0 Å². The van der Waals surface area contributed by atoms with Gasteiger partial charge in [0.25, 0.3) is 0 Å². The van der Waals surface area contributed by atoms with Gasteiger partial charge in [0.15, 0.2) is 17.5 Å². The lowest BCUT2D eigenvalue weighted by Gasteiger charge is -2.12. The number of hydrogen-bond donors (Lipinski definition) is 0. The van der Waals surface area contributed by atoms with Crippen LogP contribution < -0.4 is 0 Å². The molecule has 7 aromatic rings. The first kappa shape index (κ1) is 24.6. The minimum Gasteiger partial charge on any atom is -0.256 e. The van der Waals surface area contributed by atoms with Crippen LogP contribution in [0.15, 0.2) is 140 Å². The molecule has 0 bridgehead atoms. The summed E-state index contributed by atoms with van der Waals surface area (Å²) in [5.41, 5.74) is 8.13. The van der Waals surface area contributed by atoms with Crippen LogP contribution in [0.4, 0.5) is 0 Å². The van der Waals surface area contributed by atoms with Crippen molar-refractivity contribution in [3.05, 3.63) is 145 Å². The van der Waals surface area contributed by atoms with E-state index in [4.69, 9.17) is 19.9 Å².